The molecule has 110 valence electrons. The summed E-state index contributed by atoms with van der Waals surface area (Å²) in [7, 11) is 1.29. The Morgan fingerprint density at radius 3 is 2.65 bits per heavy atom. The minimum Gasteiger partial charge on any atom is -0.465 e. The van der Waals surface area contributed by atoms with Gasteiger partial charge >= 0.3 is 12.0 Å². The van der Waals surface area contributed by atoms with Crippen LogP contribution in [0.4, 0.5) is 10.5 Å². The third kappa shape index (κ3) is 5.09. The number of hydrogen-bond donors (Lipinski definition) is 2. The Balaban J connectivity index is 2.66. The number of methoxy groups -OCH3 is 1. The number of anilines is 1. The quantitative estimate of drug-likeness (QED) is 0.820. The maximum atomic E-state index is 11.7. The number of carbonyl (C=O) groups excluding carboxylic acids is 2. The summed E-state index contributed by atoms with van der Waals surface area (Å²) >= 11 is 5.98. The number of esters is 1. The van der Waals surface area contributed by atoms with Crippen molar-refractivity contribution in [2.24, 2.45) is 5.92 Å². The van der Waals surface area contributed by atoms with Gasteiger partial charge in [-0.25, -0.2) is 9.59 Å². The van der Waals surface area contributed by atoms with Gasteiger partial charge in [-0.15, -0.1) is 0 Å². The van der Waals surface area contributed by atoms with Crippen molar-refractivity contribution >= 4 is 29.3 Å². The van der Waals surface area contributed by atoms with Crippen LogP contribution in [0.15, 0.2) is 18.2 Å². The molecule has 0 bridgehead atoms. The maximum Gasteiger partial charge on any atom is 0.337 e. The Morgan fingerprint density at radius 2 is 2.05 bits per heavy atom. The number of benzene rings is 1. The molecular weight excluding hydrogens is 280 g/mol. The monoisotopic (exact) mass is 298 g/mol. The Labute approximate surface area is 123 Å². The van der Waals surface area contributed by atoms with Crippen LogP contribution in [0, 0.1) is 5.92 Å². The minimum atomic E-state index is -0.482. The number of amides is 2. The molecule has 20 heavy (non-hydrogen) atoms. The molecule has 0 saturated heterocycles. The number of urea groups is 1. The van der Waals surface area contributed by atoms with Gasteiger partial charge in [-0.05, 0) is 30.5 Å². The molecule has 0 atom stereocenters. The zero-order chi connectivity index (χ0) is 15.1. The smallest absolute Gasteiger partial charge is 0.337 e. The van der Waals surface area contributed by atoms with Gasteiger partial charge in [0.1, 0.15) is 0 Å². The van der Waals surface area contributed by atoms with Crippen LogP contribution in [0.5, 0.6) is 0 Å². The molecule has 0 aliphatic carbocycles. The normalized spacial score (nSPS) is 10.2. The second kappa shape index (κ2) is 7.75. The topological polar surface area (TPSA) is 67.4 Å². The lowest BCUT2D eigenvalue weighted by molar-refractivity contribution is 0.0600. The van der Waals surface area contributed by atoms with E-state index in [4.69, 9.17) is 11.6 Å². The Morgan fingerprint density at radius 1 is 1.35 bits per heavy atom. The number of nitrogens with one attached hydrogen (secondary N) is 2. The van der Waals surface area contributed by atoms with Crippen LogP contribution in [-0.2, 0) is 4.74 Å². The average Bonchev–Trinajstić information content (AvgIpc) is 2.40. The molecule has 0 aliphatic heterocycles. The predicted octanol–water partition coefficient (Wildman–Crippen LogP) is 3.29. The third-order valence-corrected chi connectivity index (χ3v) is 2.97. The van der Waals surface area contributed by atoms with Crippen LogP contribution in [-0.4, -0.2) is 25.7 Å². The Bertz CT molecular complexity index is 489. The SMILES string of the molecule is COC(=O)c1ccc(Cl)c(NC(=O)NCCC(C)C)c1. The number of hydrogen-bond acceptors (Lipinski definition) is 3. The van der Waals surface area contributed by atoms with E-state index in [0.29, 0.717) is 28.7 Å². The highest BCUT2D eigenvalue weighted by molar-refractivity contribution is 6.33. The third-order valence-electron chi connectivity index (χ3n) is 2.64. The van der Waals surface area contributed by atoms with Crippen LogP contribution in [0.1, 0.15) is 30.6 Å². The standard InChI is InChI=1S/C14H19ClN2O3/c1-9(2)6-7-16-14(19)17-12-8-10(13(18)20-3)4-5-11(12)15/h4-5,8-9H,6-7H2,1-3H3,(H2,16,17,19). The van der Waals surface area contributed by atoms with Crippen molar-refractivity contribution in [1.82, 2.24) is 5.32 Å². The lowest BCUT2D eigenvalue weighted by Crippen LogP contribution is -2.30. The fraction of sp³-hybridized carbons (Fsp3) is 0.429. The van der Waals surface area contributed by atoms with Crippen molar-refractivity contribution in [3.05, 3.63) is 28.8 Å². The highest BCUT2D eigenvalue weighted by atomic mass is 35.5. The molecule has 1 aromatic rings. The lowest BCUT2D eigenvalue weighted by atomic mass is 10.1. The van der Waals surface area contributed by atoms with E-state index in [0.717, 1.165) is 6.42 Å². The molecule has 0 radical (unpaired) electrons. The van der Waals surface area contributed by atoms with Gasteiger partial charge < -0.3 is 15.4 Å². The summed E-state index contributed by atoms with van der Waals surface area (Å²) in [6.07, 6.45) is 0.892. The van der Waals surface area contributed by atoms with Crippen molar-refractivity contribution < 1.29 is 14.3 Å². The van der Waals surface area contributed by atoms with Gasteiger partial charge in [-0.1, -0.05) is 25.4 Å². The van der Waals surface area contributed by atoms with Gasteiger partial charge in [0.15, 0.2) is 0 Å². The van der Waals surface area contributed by atoms with E-state index in [-0.39, 0.29) is 6.03 Å². The van der Waals surface area contributed by atoms with E-state index < -0.39 is 5.97 Å². The number of ether oxygens (including phenoxy) is 1. The van der Waals surface area contributed by atoms with Crippen LogP contribution in [0.3, 0.4) is 0 Å². The van der Waals surface area contributed by atoms with E-state index >= 15 is 0 Å². The molecule has 0 aromatic heterocycles. The molecule has 0 aliphatic rings. The molecule has 0 unspecified atom stereocenters. The van der Waals surface area contributed by atoms with Gasteiger partial charge in [0.25, 0.3) is 0 Å². The lowest BCUT2D eigenvalue weighted by Gasteiger charge is -2.11. The fourth-order valence-electron chi connectivity index (χ4n) is 1.51. The first kappa shape index (κ1) is 16.3. The molecule has 2 N–H and O–H groups in total. The molecule has 0 heterocycles. The highest BCUT2D eigenvalue weighted by Crippen LogP contribution is 2.23. The van der Waals surface area contributed by atoms with Crippen LogP contribution in [0.2, 0.25) is 5.02 Å². The summed E-state index contributed by atoms with van der Waals surface area (Å²) in [4.78, 5) is 23.1. The molecular formula is C14H19ClN2O3. The zero-order valence-corrected chi connectivity index (χ0v) is 12.6. The van der Waals surface area contributed by atoms with E-state index in [9.17, 15) is 9.59 Å². The first-order valence-electron chi connectivity index (χ1n) is 6.36. The van der Waals surface area contributed by atoms with Gasteiger partial charge in [0.2, 0.25) is 0 Å². The van der Waals surface area contributed by atoms with Gasteiger partial charge in [-0.3, -0.25) is 0 Å². The average molecular weight is 299 g/mol. The highest BCUT2D eigenvalue weighted by Gasteiger charge is 2.11. The fourth-order valence-corrected chi connectivity index (χ4v) is 1.67. The van der Waals surface area contributed by atoms with Crippen LogP contribution < -0.4 is 10.6 Å². The van der Waals surface area contributed by atoms with Crippen molar-refractivity contribution in [2.45, 2.75) is 20.3 Å². The number of rotatable bonds is 5. The molecule has 0 fully saturated rings. The summed E-state index contributed by atoms with van der Waals surface area (Å²) in [5.41, 5.74) is 0.700. The molecule has 2 amide bonds. The summed E-state index contributed by atoms with van der Waals surface area (Å²) in [5, 5.41) is 5.70. The molecule has 0 saturated carbocycles. The van der Waals surface area contributed by atoms with Gasteiger partial charge in [0.05, 0.1) is 23.4 Å². The number of carbonyl (C=O) groups is 2. The van der Waals surface area contributed by atoms with E-state index in [1.807, 2.05) is 0 Å². The van der Waals surface area contributed by atoms with Crippen LogP contribution in [0.25, 0.3) is 0 Å². The summed E-state index contributed by atoms with van der Waals surface area (Å²) in [6, 6.07) is 4.21. The van der Waals surface area contributed by atoms with E-state index in [1.165, 1.54) is 25.3 Å². The number of halogens is 1. The van der Waals surface area contributed by atoms with Crippen molar-refractivity contribution in [3.8, 4) is 0 Å². The molecule has 1 rings (SSSR count). The molecule has 6 heteroatoms. The van der Waals surface area contributed by atoms with Crippen molar-refractivity contribution in [1.29, 1.82) is 0 Å². The van der Waals surface area contributed by atoms with Crippen molar-refractivity contribution in [2.75, 3.05) is 19.0 Å². The van der Waals surface area contributed by atoms with Gasteiger partial charge in [0, 0.05) is 6.54 Å². The largest absolute Gasteiger partial charge is 0.465 e. The predicted molar refractivity (Wildman–Crippen MR) is 79.3 cm³/mol. The van der Waals surface area contributed by atoms with Crippen molar-refractivity contribution in [3.63, 3.8) is 0 Å². The molecule has 5 nitrogen and oxygen atoms in total. The molecule has 1 aromatic carbocycles. The molecule has 0 spiro atoms. The minimum absolute atomic E-state index is 0.328. The first-order chi connectivity index (χ1) is 9.43. The first-order valence-corrected chi connectivity index (χ1v) is 6.74. The van der Waals surface area contributed by atoms with E-state index in [2.05, 4.69) is 29.2 Å². The van der Waals surface area contributed by atoms with E-state index in [1.54, 1.807) is 0 Å². The summed E-state index contributed by atoms with van der Waals surface area (Å²) in [5.74, 6) is 0.0338. The Hall–Kier alpha value is -1.75. The second-order valence-electron chi connectivity index (χ2n) is 4.75. The summed E-state index contributed by atoms with van der Waals surface area (Å²) < 4.78 is 4.62. The summed E-state index contributed by atoms with van der Waals surface area (Å²) in [6.45, 7) is 4.74. The second-order valence-corrected chi connectivity index (χ2v) is 5.16. The van der Waals surface area contributed by atoms with Crippen LogP contribution >= 0.6 is 11.6 Å². The van der Waals surface area contributed by atoms with Gasteiger partial charge in [-0.2, -0.15) is 0 Å². The maximum absolute atomic E-state index is 11.7. The Kier molecular flexibility index (Phi) is 6.31. The zero-order valence-electron chi connectivity index (χ0n) is 11.8.